The van der Waals surface area contributed by atoms with Gasteiger partial charge in [-0.2, -0.15) is 11.8 Å². The zero-order valence-electron chi connectivity index (χ0n) is 9.63. The highest BCUT2D eigenvalue weighted by atomic mass is 32.2. The van der Waals surface area contributed by atoms with Gasteiger partial charge in [-0.25, -0.2) is 0 Å². The highest BCUT2D eigenvalue weighted by molar-refractivity contribution is 7.99. The van der Waals surface area contributed by atoms with Crippen molar-refractivity contribution in [2.75, 3.05) is 37.8 Å². The van der Waals surface area contributed by atoms with Crippen molar-refractivity contribution in [3.05, 3.63) is 0 Å². The molecule has 0 radical (unpaired) electrons. The SMILES string of the molecule is NC(CCSCC(=O)N1CCOCC1)C(=O)O. The number of amides is 1. The Balaban J connectivity index is 2.09. The Hall–Kier alpha value is -0.790. The van der Waals surface area contributed by atoms with Gasteiger partial charge in [-0.15, -0.1) is 0 Å². The summed E-state index contributed by atoms with van der Waals surface area (Å²) in [5, 5.41) is 8.57. The molecule has 17 heavy (non-hydrogen) atoms. The summed E-state index contributed by atoms with van der Waals surface area (Å²) in [7, 11) is 0. The van der Waals surface area contributed by atoms with E-state index < -0.39 is 12.0 Å². The normalized spacial score (nSPS) is 17.8. The molecule has 7 heteroatoms. The van der Waals surface area contributed by atoms with Gasteiger partial charge < -0.3 is 20.5 Å². The number of ether oxygens (including phenoxy) is 1. The van der Waals surface area contributed by atoms with E-state index in [2.05, 4.69) is 0 Å². The standard InChI is InChI=1S/C10H18N2O4S/c11-8(10(14)15)1-6-17-7-9(13)12-2-4-16-5-3-12/h8H,1-7,11H2,(H,14,15). The Morgan fingerprint density at radius 2 is 2.06 bits per heavy atom. The van der Waals surface area contributed by atoms with E-state index in [1.54, 1.807) is 4.90 Å². The molecule has 1 saturated heterocycles. The van der Waals surface area contributed by atoms with Gasteiger partial charge in [0, 0.05) is 13.1 Å². The van der Waals surface area contributed by atoms with E-state index in [1.807, 2.05) is 0 Å². The third kappa shape index (κ3) is 5.38. The smallest absolute Gasteiger partial charge is 0.320 e. The van der Waals surface area contributed by atoms with E-state index in [4.69, 9.17) is 15.6 Å². The molecule has 1 unspecified atom stereocenters. The predicted octanol–water partition coefficient (Wildman–Crippen LogP) is -0.620. The van der Waals surface area contributed by atoms with Crippen LogP contribution in [0.3, 0.4) is 0 Å². The molecule has 3 N–H and O–H groups in total. The summed E-state index contributed by atoms with van der Waals surface area (Å²) in [5.74, 6) is 0.0582. The number of carboxylic acid groups (broad SMARTS) is 1. The van der Waals surface area contributed by atoms with Gasteiger partial charge >= 0.3 is 5.97 Å². The van der Waals surface area contributed by atoms with Crippen LogP contribution in [0.1, 0.15) is 6.42 Å². The molecule has 0 spiro atoms. The van der Waals surface area contributed by atoms with Crippen molar-refractivity contribution in [2.24, 2.45) is 5.73 Å². The Labute approximate surface area is 104 Å². The minimum Gasteiger partial charge on any atom is -0.480 e. The molecule has 98 valence electrons. The van der Waals surface area contributed by atoms with Gasteiger partial charge in [-0.3, -0.25) is 9.59 Å². The molecule has 0 aromatic rings. The lowest BCUT2D eigenvalue weighted by Gasteiger charge is -2.26. The summed E-state index contributed by atoms with van der Waals surface area (Å²) in [6, 6.07) is -0.832. The molecule has 1 rings (SSSR count). The van der Waals surface area contributed by atoms with Crippen LogP contribution in [0.15, 0.2) is 0 Å². The number of carbonyl (C=O) groups excluding carboxylic acids is 1. The fourth-order valence-corrected chi connectivity index (χ4v) is 2.32. The van der Waals surface area contributed by atoms with Crippen LogP contribution in [0.2, 0.25) is 0 Å². The molecule has 1 atom stereocenters. The second-order valence-electron chi connectivity index (χ2n) is 3.78. The van der Waals surface area contributed by atoms with Crippen molar-refractivity contribution in [3.8, 4) is 0 Å². The summed E-state index contributed by atoms with van der Waals surface area (Å²) < 4.78 is 5.15. The maximum absolute atomic E-state index is 11.7. The maximum atomic E-state index is 11.7. The average molecular weight is 262 g/mol. The van der Waals surface area contributed by atoms with Crippen LogP contribution in [0, 0.1) is 0 Å². The first kappa shape index (κ1) is 14.3. The number of hydrogen-bond acceptors (Lipinski definition) is 5. The van der Waals surface area contributed by atoms with Crippen LogP contribution in [0.25, 0.3) is 0 Å². The summed E-state index contributed by atoms with van der Waals surface area (Å²) in [4.78, 5) is 23.9. The van der Waals surface area contributed by atoms with Crippen LogP contribution in [-0.4, -0.2) is 65.7 Å². The lowest BCUT2D eigenvalue weighted by atomic mass is 10.2. The molecular formula is C10H18N2O4S. The van der Waals surface area contributed by atoms with Crippen LogP contribution >= 0.6 is 11.8 Å². The van der Waals surface area contributed by atoms with E-state index in [0.717, 1.165) is 0 Å². The van der Waals surface area contributed by atoms with E-state index in [9.17, 15) is 9.59 Å². The van der Waals surface area contributed by atoms with Gasteiger partial charge in [0.1, 0.15) is 6.04 Å². The molecule has 1 aliphatic rings. The Kier molecular flexibility index (Phi) is 6.31. The number of carboxylic acids is 1. The highest BCUT2D eigenvalue weighted by Gasteiger charge is 2.17. The number of thioether (sulfide) groups is 1. The molecule has 1 aliphatic heterocycles. The first-order chi connectivity index (χ1) is 8.11. The van der Waals surface area contributed by atoms with Crippen LogP contribution < -0.4 is 5.73 Å². The summed E-state index contributed by atoms with van der Waals surface area (Å²) in [6.45, 7) is 2.49. The summed E-state index contributed by atoms with van der Waals surface area (Å²) >= 11 is 1.43. The van der Waals surface area contributed by atoms with Gasteiger partial charge in [-0.1, -0.05) is 0 Å². The van der Waals surface area contributed by atoms with Crippen LogP contribution in [0.5, 0.6) is 0 Å². The predicted molar refractivity (Wildman–Crippen MR) is 65.0 cm³/mol. The topological polar surface area (TPSA) is 92.9 Å². The minimum absolute atomic E-state index is 0.0854. The largest absolute Gasteiger partial charge is 0.480 e. The van der Waals surface area contributed by atoms with Crippen molar-refractivity contribution in [1.82, 2.24) is 4.90 Å². The first-order valence-corrected chi connectivity index (χ1v) is 6.68. The van der Waals surface area contributed by atoms with Crippen LogP contribution in [0.4, 0.5) is 0 Å². The highest BCUT2D eigenvalue weighted by Crippen LogP contribution is 2.07. The van der Waals surface area contributed by atoms with Crippen LogP contribution in [-0.2, 0) is 14.3 Å². The number of aliphatic carboxylic acids is 1. The second-order valence-corrected chi connectivity index (χ2v) is 4.88. The minimum atomic E-state index is -0.995. The van der Waals surface area contributed by atoms with E-state index in [1.165, 1.54) is 11.8 Å². The molecule has 1 amide bonds. The Morgan fingerprint density at radius 1 is 1.41 bits per heavy atom. The van der Waals surface area contributed by atoms with E-state index in [-0.39, 0.29) is 5.91 Å². The van der Waals surface area contributed by atoms with Crippen molar-refractivity contribution < 1.29 is 19.4 Å². The Morgan fingerprint density at radius 3 is 2.65 bits per heavy atom. The van der Waals surface area contributed by atoms with Gasteiger partial charge in [0.25, 0.3) is 0 Å². The molecule has 0 aromatic heterocycles. The first-order valence-electron chi connectivity index (χ1n) is 5.53. The number of morpholine rings is 1. The second kappa shape index (κ2) is 7.52. The fraction of sp³-hybridized carbons (Fsp3) is 0.800. The van der Waals surface area contributed by atoms with Gasteiger partial charge in [0.05, 0.1) is 19.0 Å². The number of nitrogens with zero attached hydrogens (tertiary/aromatic N) is 1. The number of nitrogens with two attached hydrogens (primary N) is 1. The zero-order chi connectivity index (χ0) is 12.7. The number of rotatable bonds is 6. The number of hydrogen-bond donors (Lipinski definition) is 2. The third-order valence-electron chi connectivity index (χ3n) is 2.48. The third-order valence-corrected chi connectivity index (χ3v) is 3.46. The van der Waals surface area contributed by atoms with Gasteiger partial charge in [-0.05, 0) is 12.2 Å². The fourth-order valence-electron chi connectivity index (χ4n) is 1.40. The molecule has 0 bridgehead atoms. The average Bonchev–Trinajstić information content (AvgIpc) is 2.35. The van der Waals surface area contributed by atoms with Crippen molar-refractivity contribution in [1.29, 1.82) is 0 Å². The molecular weight excluding hydrogens is 244 g/mol. The van der Waals surface area contributed by atoms with Gasteiger partial charge in [0.2, 0.25) is 5.91 Å². The molecule has 1 heterocycles. The monoisotopic (exact) mass is 262 g/mol. The zero-order valence-corrected chi connectivity index (χ0v) is 10.4. The summed E-state index contributed by atoms with van der Waals surface area (Å²) in [5.41, 5.74) is 5.35. The number of carbonyl (C=O) groups is 2. The van der Waals surface area contributed by atoms with Crippen molar-refractivity contribution in [2.45, 2.75) is 12.5 Å². The quantitative estimate of drug-likeness (QED) is 0.620. The molecule has 0 saturated carbocycles. The molecule has 0 aliphatic carbocycles. The summed E-state index contributed by atoms with van der Waals surface area (Å²) in [6.07, 6.45) is 0.385. The lowest BCUT2D eigenvalue weighted by Crippen LogP contribution is -2.41. The maximum Gasteiger partial charge on any atom is 0.320 e. The van der Waals surface area contributed by atoms with Crippen molar-refractivity contribution in [3.63, 3.8) is 0 Å². The Bertz CT molecular complexity index is 269. The molecule has 1 fully saturated rings. The molecule has 6 nitrogen and oxygen atoms in total. The molecule has 0 aromatic carbocycles. The lowest BCUT2D eigenvalue weighted by molar-refractivity contribution is -0.138. The van der Waals surface area contributed by atoms with E-state index in [0.29, 0.717) is 44.2 Å². The van der Waals surface area contributed by atoms with Crippen molar-refractivity contribution >= 4 is 23.6 Å². The van der Waals surface area contributed by atoms with Gasteiger partial charge in [0.15, 0.2) is 0 Å². The van der Waals surface area contributed by atoms with E-state index >= 15 is 0 Å².